The molecular weight excluding hydrogens is 118 g/mol. The molecule has 0 spiro atoms. The zero-order valence-corrected chi connectivity index (χ0v) is 4.19. The average Bonchev–Trinajstić information content (AvgIpc) is 1.65. The quantitative estimate of drug-likeness (QED) is 0.453. The van der Waals surface area contributed by atoms with Crippen LogP contribution in [0.4, 0.5) is 8.78 Å². The van der Waals surface area contributed by atoms with E-state index < -0.39 is 6.11 Å². The van der Waals surface area contributed by atoms with E-state index in [1.807, 2.05) is 0 Å². The lowest BCUT2D eigenvalue weighted by molar-refractivity contribution is -0.459. The van der Waals surface area contributed by atoms with Gasteiger partial charge in [0.1, 0.15) is 0 Å². The lowest BCUT2D eigenvalue weighted by Gasteiger charge is -2.19. The summed E-state index contributed by atoms with van der Waals surface area (Å²) in [6.45, 7) is 0.273. The van der Waals surface area contributed by atoms with Gasteiger partial charge in [0.15, 0.2) is 0 Å². The smallest absolute Gasteiger partial charge is 0.231 e. The second-order valence-electron chi connectivity index (χ2n) is 1.65. The number of hydrogen-bond donors (Lipinski definition) is 0. The summed E-state index contributed by atoms with van der Waals surface area (Å²) in [5.41, 5.74) is 0. The van der Waals surface area contributed by atoms with Crippen LogP contribution in [-0.4, -0.2) is 12.7 Å². The van der Waals surface area contributed by atoms with Crippen molar-refractivity contribution in [1.82, 2.24) is 0 Å². The SMILES string of the molecule is FC1(F)CCCOO1. The van der Waals surface area contributed by atoms with Gasteiger partial charge in [0.05, 0.1) is 6.61 Å². The Labute approximate surface area is 45.3 Å². The lowest BCUT2D eigenvalue weighted by atomic mass is 10.3. The van der Waals surface area contributed by atoms with E-state index in [1.165, 1.54) is 0 Å². The largest absolute Gasteiger partial charge is 0.381 e. The lowest BCUT2D eigenvalue weighted by Crippen LogP contribution is -2.26. The Balaban J connectivity index is 2.33. The summed E-state index contributed by atoms with van der Waals surface area (Å²) in [5.74, 6) is 0. The molecule has 1 rings (SSSR count). The van der Waals surface area contributed by atoms with Crippen molar-refractivity contribution in [3.8, 4) is 0 Å². The summed E-state index contributed by atoms with van der Waals surface area (Å²) >= 11 is 0. The van der Waals surface area contributed by atoms with Crippen molar-refractivity contribution in [1.29, 1.82) is 0 Å². The predicted octanol–water partition coefficient (Wildman–Crippen LogP) is 1.32. The van der Waals surface area contributed by atoms with E-state index in [0.29, 0.717) is 6.42 Å². The van der Waals surface area contributed by atoms with E-state index in [9.17, 15) is 8.78 Å². The maximum Gasteiger partial charge on any atom is 0.381 e. The van der Waals surface area contributed by atoms with Crippen LogP contribution in [0.15, 0.2) is 0 Å². The third-order valence-electron chi connectivity index (χ3n) is 0.876. The van der Waals surface area contributed by atoms with Gasteiger partial charge in [0, 0.05) is 6.42 Å². The third kappa shape index (κ3) is 1.38. The van der Waals surface area contributed by atoms with E-state index in [2.05, 4.69) is 9.78 Å². The van der Waals surface area contributed by atoms with Crippen molar-refractivity contribution in [2.75, 3.05) is 6.61 Å². The Morgan fingerprint density at radius 2 is 2.12 bits per heavy atom. The summed E-state index contributed by atoms with van der Waals surface area (Å²) in [6.07, 6.45) is -2.90. The van der Waals surface area contributed by atoms with Gasteiger partial charge in [0.25, 0.3) is 0 Å². The number of alkyl halides is 2. The predicted molar refractivity (Wildman–Crippen MR) is 21.2 cm³/mol. The third-order valence-corrected chi connectivity index (χ3v) is 0.876. The molecule has 1 heterocycles. The van der Waals surface area contributed by atoms with Crippen LogP contribution in [0, 0.1) is 0 Å². The molecule has 1 aliphatic heterocycles. The van der Waals surface area contributed by atoms with Gasteiger partial charge < -0.3 is 0 Å². The van der Waals surface area contributed by atoms with E-state index in [-0.39, 0.29) is 13.0 Å². The monoisotopic (exact) mass is 124 g/mol. The Kier molecular flexibility index (Phi) is 1.44. The highest BCUT2D eigenvalue weighted by atomic mass is 19.3. The summed E-state index contributed by atoms with van der Waals surface area (Å²) in [6, 6.07) is 0. The van der Waals surface area contributed by atoms with Crippen molar-refractivity contribution in [3.05, 3.63) is 0 Å². The highest BCUT2D eigenvalue weighted by Crippen LogP contribution is 2.25. The molecule has 0 radical (unpaired) electrons. The van der Waals surface area contributed by atoms with Crippen molar-refractivity contribution in [2.24, 2.45) is 0 Å². The highest BCUT2D eigenvalue weighted by molar-refractivity contribution is 4.52. The van der Waals surface area contributed by atoms with Gasteiger partial charge in [-0.3, -0.25) is 0 Å². The zero-order chi connectivity index (χ0) is 6.04. The molecule has 4 heteroatoms. The standard InChI is InChI=1S/C4H6F2O2/c5-4(6)2-1-3-7-8-4/h1-3H2. The van der Waals surface area contributed by atoms with Gasteiger partial charge in [-0.2, -0.15) is 13.7 Å². The van der Waals surface area contributed by atoms with Crippen LogP contribution < -0.4 is 0 Å². The Morgan fingerprint density at radius 1 is 1.38 bits per heavy atom. The fourth-order valence-corrected chi connectivity index (χ4v) is 0.506. The van der Waals surface area contributed by atoms with Crippen LogP contribution in [0.3, 0.4) is 0 Å². The molecule has 0 amide bonds. The van der Waals surface area contributed by atoms with E-state index >= 15 is 0 Å². The fourth-order valence-electron chi connectivity index (χ4n) is 0.506. The van der Waals surface area contributed by atoms with Crippen LogP contribution in [0.2, 0.25) is 0 Å². The molecule has 0 aromatic heterocycles. The maximum absolute atomic E-state index is 11.9. The fraction of sp³-hybridized carbons (Fsp3) is 1.00. The molecule has 0 saturated carbocycles. The molecule has 1 fully saturated rings. The molecule has 1 saturated heterocycles. The minimum absolute atomic E-state index is 0.229. The molecule has 0 bridgehead atoms. The topological polar surface area (TPSA) is 18.5 Å². The van der Waals surface area contributed by atoms with E-state index in [1.54, 1.807) is 0 Å². The number of halogens is 2. The van der Waals surface area contributed by atoms with Crippen molar-refractivity contribution >= 4 is 0 Å². The number of rotatable bonds is 0. The first-order valence-electron chi connectivity index (χ1n) is 2.39. The summed E-state index contributed by atoms with van der Waals surface area (Å²) in [4.78, 5) is 7.67. The second-order valence-corrected chi connectivity index (χ2v) is 1.65. The minimum Gasteiger partial charge on any atom is -0.231 e. The van der Waals surface area contributed by atoms with Crippen molar-refractivity contribution in [3.63, 3.8) is 0 Å². The zero-order valence-electron chi connectivity index (χ0n) is 4.19. The molecule has 2 nitrogen and oxygen atoms in total. The average molecular weight is 124 g/mol. The normalized spacial score (nSPS) is 27.8. The molecule has 8 heavy (non-hydrogen) atoms. The van der Waals surface area contributed by atoms with Gasteiger partial charge in [-0.05, 0) is 6.42 Å². The van der Waals surface area contributed by atoms with Crippen molar-refractivity contribution < 1.29 is 18.6 Å². The molecule has 0 unspecified atom stereocenters. The van der Waals surface area contributed by atoms with Gasteiger partial charge >= 0.3 is 6.11 Å². The molecular formula is C4H6F2O2. The molecule has 0 aliphatic carbocycles. The van der Waals surface area contributed by atoms with Crippen LogP contribution in [0.25, 0.3) is 0 Å². The van der Waals surface area contributed by atoms with E-state index in [0.717, 1.165) is 0 Å². The van der Waals surface area contributed by atoms with Gasteiger partial charge in [-0.15, -0.1) is 0 Å². The Morgan fingerprint density at radius 3 is 2.38 bits per heavy atom. The molecule has 0 atom stereocenters. The molecule has 48 valence electrons. The second kappa shape index (κ2) is 1.95. The van der Waals surface area contributed by atoms with Crippen LogP contribution >= 0.6 is 0 Å². The van der Waals surface area contributed by atoms with Gasteiger partial charge in [-0.1, -0.05) is 0 Å². The van der Waals surface area contributed by atoms with Crippen molar-refractivity contribution in [2.45, 2.75) is 19.0 Å². The summed E-state index contributed by atoms with van der Waals surface area (Å²) < 4.78 is 23.7. The summed E-state index contributed by atoms with van der Waals surface area (Å²) in [7, 11) is 0. The molecule has 1 aliphatic rings. The van der Waals surface area contributed by atoms with E-state index in [4.69, 9.17) is 0 Å². The molecule has 0 N–H and O–H groups in total. The molecule has 0 aromatic carbocycles. The summed E-state index contributed by atoms with van der Waals surface area (Å²) in [5, 5.41) is 0. The van der Waals surface area contributed by atoms with Crippen LogP contribution in [0.1, 0.15) is 12.8 Å². The van der Waals surface area contributed by atoms with Gasteiger partial charge in [-0.25, -0.2) is 4.89 Å². The first kappa shape index (κ1) is 5.91. The highest BCUT2D eigenvalue weighted by Gasteiger charge is 2.33. The van der Waals surface area contributed by atoms with Crippen LogP contribution in [0.5, 0.6) is 0 Å². The first-order valence-corrected chi connectivity index (χ1v) is 2.39. The molecule has 0 aromatic rings. The van der Waals surface area contributed by atoms with Gasteiger partial charge in [0.2, 0.25) is 0 Å². The first-order chi connectivity index (χ1) is 3.71. The van der Waals surface area contributed by atoms with Crippen LogP contribution in [-0.2, 0) is 9.78 Å². The Hall–Kier alpha value is -0.220. The Bertz CT molecular complexity index is 76.1. The number of hydrogen-bond acceptors (Lipinski definition) is 2. The minimum atomic E-state index is -3.04. The maximum atomic E-state index is 11.9.